The lowest BCUT2D eigenvalue weighted by molar-refractivity contribution is 0.0149. The molecule has 0 N–H and O–H groups in total. The van der Waals surface area contributed by atoms with Gasteiger partial charge in [0.2, 0.25) is 0 Å². The van der Waals surface area contributed by atoms with Gasteiger partial charge in [0.1, 0.15) is 0 Å². The first-order valence-electron chi connectivity index (χ1n) is 10.0. The van der Waals surface area contributed by atoms with Crippen molar-refractivity contribution in [1.29, 1.82) is 0 Å². The molecule has 3 fully saturated rings. The number of benzene rings is 1. The van der Waals surface area contributed by atoms with Crippen molar-refractivity contribution in [1.82, 2.24) is 14.7 Å². The Hall–Kier alpha value is -1.59. The van der Waals surface area contributed by atoms with Crippen LogP contribution in [0.1, 0.15) is 30.7 Å². The molecular formula is C21H31N3O2. The van der Waals surface area contributed by atoms with Crippen LogP contribution in [0.4, 0.5) is 4.79 Å². The number of amides is 2. The minimum atomic E-state index is 0.215. The number of hydrogen-bond acceptors (Lipinski definition) is 3. The second-order valence-corrected chi connectivity index (χ2v) is 8.38. The summed E-state index contributed by atoms with van der Waals surface area (Å²) in [5.74, 6) is 0.608. The first-order valence-corrected chi connectivity index (χ1v) is 10.0. The van der Waals surface area contributed by atoms with Gasteiger partial charge in [-0.3, -0.25) is 0 Å². The van der Waals surface area contributed by atoms with Gasteiger partial charge in [-0.1, -0.05) is 30.3 Å². The molecule has 3 heterocycles. The smallest absolute Gasteiger partial charge is 0.320 e. The van der Waals surface area contributed by atoms with Crippen molar-refractivity contribution < 1.29 is 9.53 Å². The van der Waals surface area contributed by atoms with Gasteiger partial charge in [0.25, 0.3) is 0 Å². The summed E-state index contributed by atoms with van der Waals surface area (Å²) in [7, 11) is 2.25. The van der Waals surface area contributed by atoms with Gasteiger partial charge in [0, 0.05) is 39.3 Å². The summed E-state index contributed by atoms with van der Waals surface area (Å²) in [5.41, 5.74) is 1.82. The molecule has 26 heavy (non-hydrogen) atoms. The van der Waals surface area contributed by atoms with E-state index in [1.807, 2.05) is 4.90 Å². The van der Waals surface area contributed by atoms with Gasteiger partial charge in [-0.15, -0.1) is 0 Å². The van der Waals surface area contributed by atoms with E-state index in [0.29, 0.717) is 24.5 Å². The molecule has 3 aliphatic heterocycles. The molecule has 3 saturated heterocycles. The highest BCUT2D eigenvalue weighted by atomic mass is 16.5. The average molecular weight is 357 g/mol. The fourth-order valence-electron chi connectivity index (χ4n) is 5.10. The number of likely N-dealkylation sites (N-methyl/N-ethyl adjacent to an activating group) is 1. The monoisotopic (exact) mass is 357 g/mol. The molecule has 1 atom stereocenters. The predicted octanol–water partition coefficient (Wildman–Crippen LogP) is 2.64. The van der Waals surface area contributed by atoms with Crippen LogP contribution in [0.25, 0.3) is 0 Å². The third-order valence-corrected chi connectivity index (χ3v) is 6.46. The molecule has 2 amide bonds. The Balaban J connectivity index is 1.39. The second kappa shape index (κ2) is 7.57. The summed E-state index contributed by atoms with van der Waals surface area (Å²) in [6.07, 6.45) is 3.49. The molecule has 1 aromatic rings. The van der Waals surface area contributed by atoms with Crippen molar-refractivity contribution in [2.75, 3.05) is 59.5 Å². The van der Waals surface area contributed by atoms with E-state index < -0.39 is 0 Å². The molecule has 0 unspecified atom stereocenters. The van der Waals surface area contributed by atoms with Gasteiger partial charge in [0.15, 0.2) is 0 Å². The minimum absolute atomic E-state index is 0.215. The predicted molar refractivity (Wildman–Crippen MR) is 102 cm³/mol. The molecule has 0 radical (unpaired) electrons. The molecule has 0 aromatic heterocycles. The van der Waals surface area contributed by atoms with Crippen LogP contribution >= 0.6 is 0 Å². The number of carbonyl (C=O) groups excluding carboxylic acids is 1. The molecule has 4 rings (SSSR count). The Bertz CT molecular complexity index is 607. The van der Waals surface area contributed by atoms with Crippen molar-refractivity contribution in [3.8, 4) is 0 Å². The molecule has 0 bridgehead atoms. The highest BCUT2D eigenvalue weighted by molar-refractivity contribution is 5.74. The highest BCUT2D eigenvalue weighted by Gasteiger charge is 2.42. The molecule has 0 aliphatic carbocycles. The van der Waals surface area contributed by atoms with E-state index >= 15 is 0 Å². The van der Waals surface area contributed by atoms with Gasteiger partial charge in [-0.2, -0.15) is 0 Å². The number of morpholine rings is 1. The number of rotatable bonds is 1. The molecule has 0 saturated carbocycles. The summed E-state index contributed by atoms with van der Waals surface area (Å²) >= 11 is 0. The van der Waals surface area contributed by atoms with E-state index in [4.69, 9.17) is 4.74 Å². The van der Waals surface area contributed by atoms with Crippen molar-refractivity contribution in [2.24, 2.45) is 5.41 Å². The van der Waals surface area contributed by atoms with Gasteiger partial charge >= 0.3 is 6.03 Å². The Morgan fingerprint density at radius 2 is 1.69 bits per heavy atom. The van der Waals surface area contributed by atoms with Gasteiger partial charge in [-0.25, -0.2) is 4.79 Å². The normalized spacial score (nSPS) is 26.9. The van der Waals surface area contributed by atoms with Crippen LogP contribution in [-0.2, 0) is 4.74 Å². The van der Waals surface area contributed by atoms with E-state index in [1.165, 1.54) is 12.0 Å². The van der Waals surface area contributed by atoms with Crippen LogP contribution in [0.15, 0.2) is 30.3 Å². The zero-order valence-corrected chi connectivity index (χ0v) is 15.9. The molecule has 5 nitrogen and oxygen atoms in total. The van der Waals surface area contributed by atoms with Gasteiger partial charge in [0.05, 0.1) is 13.2 Å². The van der Waals surface area contributed by atoms with Gasteiger partial charge < -0.3 is 19.4 Å². The zero-order valence-electron chi connectivity index (χ0n) is 15.9. The molecule has 1 aromatic carbocycles. The topological polar surface area (TPSA) is 36.0 Å². The standard InChI is InChI=1S/C21H31N3O2/c1-22-16-19(18-5-3-2-4-6-18)15-21(17-22)7-9-23(10-8-21)20(25)24-11-13-26-14-12-24/h2-6,19H,7-17H2,1H3/t19-/m0/s1. The van der Waals surface area contributed by atoms with Crippen molar-refractivity contribution in [3.63, 3.8) is 0 Å². The molecular weight excluding hydrogens is 326 g/mol. The van der Waals surface area contributed by atoms with Gasteiger partial charge in [-0.05, 0) is 43.2 Å². The first kappa shape index (κ1) is 17.8. The van der Waals surface area contributed by atoms with Crippen LogP contribution < -0.4 is 0 Å². The third-order valence-electron chi connectivity index (χ3n) is 6.46. The maximum atomic E-state index is 12.8. The van der Waals surface area contributed by atoms with Crippen molar-refractivity contribution in [2.45, 2.75) is 25.2 Å². The Morgan fingerprint density at radius 1 is 1.04 bits per heavy atom. The minimum Gasteiger partial charge on any atom is -0.378 e. The van der Waals surface area contributed by atoms with Crippen molar-refractivity contribution >= 4 is 6.03 Å². The number of likely N-dealkylation sites (tertiary alicyclic amines) is 2. The number of urea groups is 1. The lowest BCUT2D eigenvalue weighted by atomic mass is 9.68. The van der Waals surface area contributed by atoms with Crippen LogP contribution in [-0.4, -0.2) is 80.3 Å². The Morgan fingerprint density at radius 3 is 2.38 bits per heavy atom. The summed E-state index contributed by atoms with van der Waals surface area (Å²) in [6, 6.07) is 11.2. The number of carbonyl (C=O) groups is 1. The fraction of sp³-hybridized carbons (Fsp3) is 0.667. The molecule has 3 aliphatic rings. The van der Waals surface area contributed by atoms with E-state index in [0.717, 1.165) is 52.1 Å². The zero-order chi connectivity index (χ0) is 18.0. The van der Waals surface area contributed by atoms with Crippen LogP contribution in [0.2, 0.25) is 0 Å². The maximum Gasteiger partial charge on any atom is 0.320 e. The number of hydrogen-bond donors (Lipinski definition) is 0. The van der Waals surface area contributed by atoms with Crippen LogP contribution in [0.5, 0.6) is 0 Å². The van der Waals surface area contributed by atoms with E-state index in [1.54, 1.807) is 0 Å². The van der Waals surface area contributed by atoms with E-state index in [-0.39, 0.29) is 6.03 Å². The number of nitrogens with zero attached hydrogens (tertiary/aromatic N) is 3. The summed E-state index contributed by atoms with van der Waals surface area (Å²) in [6.45, 7) is 6.91. The van der Waals surface area contributed by atoms with Crippen LogP contribution in [0, 0.1) is 5.41 Å². The molecule has 5 heteroatoms. The lowest BCUT2D eigenvalue weighted by Gasteiger charge is -2.50. The Kier molecular flexibility index (Phi) is 5.18. The van der Waals surface area contributed by atoms with Crippen LogP contribution in [0.3, 0.4) is 0 Å². The quantitative estimate of drug-likeness (QED) is 0.775. The number of piperidine rings is 2. The van der Waals surface area contributed by atoms with E-state index in [2.05, 4.69) is 47.2 Å². The fourth-order valence-corrected chi connectivity index (χ4v) is 5.10. The summed E-state index contributed by atoms with van der Waals surface area (Å²) in [5, 5.41) is 0. The van der Waals surface area contributed by atoms with E-state index in [9.17, 15) is 4.79 Å². The Labute approximate surface area is 156 Å². The molecule has 142 valence electrons. The highest BCUT2D eigenvalue weighted by Crippen LogP contribution is 2.44. The SMILES string of the molecule is CN1C[C@@H](c2ccccc2)CC2(CCN(C(=O)N3CCOCC3)CC2)C1. The number of ether oxygens (including phenoxy) is 1. The summed E-state index contributed by atoms with van der Waals surface area (Å²) in [4.78, 5) is 19.3. The van der Waals surface area contributed by atoms with Crippen molar-refractivity contribution in [3.05, 3.63) is 35.9 Å². The molecule has 1 spiro atoms. The second-order valence-electron chi connectivity index (χ2n) is 8.38. The largest absolute Gasteiger partial charge is 0.378 e. The first-order chi connectivity index (χ1) is 12.7. The third kappa shape index (κ3) is 3.74. The lowest BCUT2D eigenvalue weighted by Crippen LogP contribution is -2.55. The summed E-state index contributed by atoms with van der Waals surface area (Å²) < 4.78 is 5.37. The average Bonchev–Trinajstić information content (AvgIpc) is 2.69. The maximum absolute atomic E-state index is 12.8.